The lowest BCUT2D eigenvalue weighted by Gasteiger charge is -2.38. The van der Waals surface area contributed by atoms with Gasteiger partial charge in [-0.25, -0.2) is 4.98 Å². The van der Waals surface area contributed by atoms with Gasteiger partial charge in [0.15, 0.2) is 0 Å². The van der Waals surface area contributed by atoms with Gasteiger partial charge in [-0.05, 0) is 39.2 Å². The molecule has 2 N–H and O–H groups in total. The normalized spacial score (nSPS) is 29.1. The van der Waals surface area contributed by atoms with Crippen molar-refractivity contribution in [1.82, 2.24) is 9.88 Å². The SMILES string of the molecule is Cc1ncsc1CN(C)C1(CN)CCC(C)C1. The highest BCUT2D eigenvalue weighted by Crippen LogP contribution is 2.38. The Labute approximate surface area is 108 Å². The van der Waals surface area contributed by atoms with E-state index in [1.54, 1.807) is 11.3 Å². The fourth-order valence-corrected chi connectivity index (χ4v) is 3.75. The Kier molecular flexibility index (Phi) is 3.85. The number of nitrogens with two attached hydrogens (primary N) is 1. The summed E-state index contributed by atoms with van der Waals surface area (Å²) >= 11 is 1.75. The van der Waals surface area contributed by atoms with Crippen LogP contribution in [0.4, 0.5) is 0 Å². The minimum atomic E-state index is 0.218. The van der Waals surface area contributed by atoms with Crippen molar-refractivity contribution in [2.45, 2.75) is 45.2 Å². The number of hydrogen-bond donors (Lipinski definition) is 1. The molecule has 0 amide bonds. The first kappa shape index (κ1) is 13.0. The van der Waals surface area contributed by atoms with Gasteiger partial charge in [0.1, 0.15) is 0 Å². The number of aromatic nitrogens is 1. The highest BCUT2D eigenvalue weighted by molar-refractivity contribution is 7.09. The molecule has 2 unspecified atom stereocenters. The summed E-state index contributed by atoms with van der Waals surface area (Å²) in [5.41, 5.74) is 9.37. The summed E-state index contributed by atoms with van der Waals surface area (Å²) in [5, 5.41) is 0. The minimum Gasteiger partial charge on any atom is -0.329 e. The van der Waals surface area contributed by atoms with E-state index in [9.17, 15) is 0 Å². The zero-order valence-corrected chi connectivity index (χ0v) is 11.9. The lowest BCUT2D eigenvalue weighted by molar-refractivity contribution is 0.121. The number of likely N-dealkylation sites (N-methyl/N-ethyl adjacent to an activating group) is 1. The van der Waals surface area contributed by atoms with Gasteiger partial charge in [0.05, 0.1) is 11.2 Å². The molecule has 1 fully saturated rings. The van der Waals surface area contributed by atoms with E-state index in [1.165, 1.54) is 29.8 Å². The van der Waals surface area contributed by atoms with Gasteiger partial charge in [-0.15, -0.1) is 11.3 Å². The Hall–Kier alpha value is -0.450. The average Bonchev–Trinajstić information content (AvgIpc) is 2.87. The Morgan fingerprint density at radius 1 is 1.65 bits per heavy atom. The summed E-state index contributed by atoms with van der Waals surface area (Å²) in [7, 11) is 2.21. The Bertz CT molecular complexity index is 376. The van der Waals surface area contributed by atoms with E-state index in [1.807, 2.05) is 5.51 Å². The molecule has 0 aromatic carbocycles. The average molecular weight is 253 g/mol. The van der Waals surface area contributed by atoms with Gasteiger partial charge in [0.2, 0.25) is 0 Å². The number of rotatable bonds is 4. The fourth-order valence-electron chi connectivity index (χ4n) is 2.92. The van der Waals surface area contributed by atoms with E-state index < -0.39 is 0 Å². The van der Waals surface area contributed by atoms with E-state index in [2.05, 4.69) is 30.8 Å². The van der Waals surface area contributed by atoms with Crippen LogP contribution in [0.1, 0.15) is 36.8 Å². The third-order valence-corrected chi connectivity index (χ3v) is 5.17. The Morgan fingerprint density at radius 3 is 2.88 bits per heavy atom. The molecule has 0 bridgehead atoms. The van der Waals surface area contributed by atoms with Crippen LogP contribution in [0.25, 0.3) is 0 Å². The molecular formula is C13H23N3S. The van der Waals surface area contributed by atoms with Gasteiger partial charge >= 0.3 is 0 Å². The maximum absolute atomic E-state index is 6.05. The summed E-state index contributed by atoms with van der Waals surface area (Å²) in [6.45, 7) is 6.18. The van der Waals surface area contributed by atoms with Crippen LogP contribution in [0.2, 0.25) is 0 Å². The molecule has 1 aromatic heterocycles. The molecule has 96 valence electrons. The second-order valence-corrected chi connectivity index (χ2v) is 6.43. The molecule has 1 saturated carbocycles. The topological polar surface area (TPSA) is 42.2 Å². The maximum Gasteiger partial charge on any atom is 0.0798 e. The summed E-state index contributed by atoms with van der Waals surface area (Å²) in [6, 6.07) is 0. The van der Waals surface area contributed by atoms with Gasteiger partial charge in [-0.3, -0.25) is 4.90 Å². The number of nitrogens with zero attached hydrogens (tertiary/aromatic N) is 2. The van der Waals surface area contributed by atoms with Crippen molar-refractivity contribution in [1.29, 1.82) is 0 Å². The van der Waals surface area contributed by atoms with Crippen molar-refractivity contribution in [2.75, 3.05) is 13.6 Å². The molecule has 4 heteroatoms. The molecule has 2 atom stereocenters. The molecule has 3 nitrogen and oxygen atoms in total. The standard InChI is InChI=1S/C13H23N3S/c1-10-4-5-13(6-10,8-14)16(3)7-12-11(2)15-9-17-12/h9-10H,4-8,14H2,1-3H3. The van der Waals surface area contributed by atoms with Crippen molar-refractivity contribution < 1.29 is 0 Å². The molecule has 1 aliphatic carbocycles. The smallest absolute Gasteiger partial charge is 0.0798 e. The fraction of sp³-hybridized carbons (Fsp3) is 0.769. The van der Waals surface area contributed by atoms with E-state index in [0.29, 0.717) is 0 Å². The second kappa shape index (κ2) is 5.04. The number of hydrogen-bond acceptors (Lipinski definition) is 4. The van der Waals surface area contributed by atoms with E-state index in [0.717, 1.165) is 19.0 Å². The van der Waals surface area contributed by atoms with Crippen LogP contribution in [-0.4, -0.2) is 29.0 Å². The summed E-state index contributed by atoms with van der Waals surface area (Å²) < 4.78 is 0. The van der Waals surface area contributed by atoms with Gasteiger partial charge < -0.3 is 5.73 Å². The van der Waals surface area contributed by atoms with Crippen molar-refractivity contribution in [3.05, 3.63) is 16.1 Å². The molecule has 0 radical (unpaired) electrons. The quantitative estimate of drug-likeness (QED) is 0.896. The summed E-state index contributed by atoms with van der Waals surface area (Å²) in [6.07, 6.45) is 3.78. The summed E-state index contributed by atoms with van der Waals surface area (Å²) in [5.74, 6) is 0.809. The predicted octanol–water partition coefficient (Wildman–Crippen LogP) is 2.40. The molecule has 2 rings (SSSR count). The lowest BCUT2D eigenvalue weighted by Crippen LogP contribution is -2.49. The van der Waals surface area contributed by atoms with Gasteiger partial charge in [-0.2, -0.15) is 0 Å². The van der Waals surface area contributed by atoms with Gasteiger partial charge in [0.25, 0.3) is 0 Å². The van der Waals surface area contributed by atoms with Crippen molar-refractivity contribution >= 4 is 11.3 Å². The van der Waals surface area contributed by atoms with Crippen molar-refractivity contribution in [3.63, 3.8) is 0 Å². The van der Waals surface area contributed by atoms with Crippen molar-refractivity contribution in [2.24, 2.45) is 11.7 Å². The van der Waals surface area contributed by atoms with Crippen LogP contribution < -0.4 is 5.73 Å². The van der Waals surface area contributed by atoms with Crippen LogP contribution in [0.5, 0.6) is 0 Å². The first-order valence-corrected chi connectivity index (χ1v) is 7.25. The van der Waals surface area contributed by atoms with E-state index in [4.69, 9.17) is 5.73 Å². The first-order chi connectivity index (χ1) is 8.07. The number of aryl methyl sites for hydroxylation is 1. The second-order valence-electron chi connectivity index (χ2n) is 5.49. The molecule has 0 spiro atoms. The molecule has 1 aromatic rings. The first-order valence-electron chi connectivity index (χ1n) is 6.37. The molecular weight excluding hydrogens is 230 g/mol. The molecule has 0 aliphatic heterocycles. The predicted molar refractivity (Wildman–Crippen MR) is 73.1 cm³/mol. The third-order valence-electron chi connectivity index (χ3n) is 4.25. The van der Waals surface area contributed by atoms with Crippen LogP contribution >= 0.6 is 11.3 Å². The Morgan fingerprint density at radius 2 is 2.41 bits per heavy atom. The van der Waals surface area contributed by atoms with E-state index >= 15 is 0 Å². The van der Waals surface area contributed by atoms with Crippen LogP contribution in [-0.2, 0) is 6.54 Å². The molecule has 0 saturated heterocycles. The van der Waals surface area contributed by atoms with Crippen LogP contribution in [0, 0.1) is 12.8 Å². The molecule has 1 aliphatic rings. The maximum atomic E-state index is 6.05. The van der Waals surface area contributed by atoms with Gasteiger partial charge in [-0.1, -0.05) is 6.92 Å². The van der Waals surface area contributed by atoms with Crippen LogP contribution in [0.15, 0.2) is 5.51 Å². The zero-order chi connectivity index (χ0) is 12.5. The van der Waals surface area contributed by atoms with Crippen molar-refractivity contribution in [3.8, 4) is 0 Å². The highest BCUT2D eigenvalue weighted by Gasteiger charge is 2.39. The van der Waals surface area contributed by atoms with E-state index in [-0.39, 0.29) is 5.54 Å². The molecule has 1 heterocycles. The monoisotopic (exact) mass is 253 g/mol. The number of thiazole rings is 1. The molecule has 17 heavy (non-hydrogen) atoms. The van der Waals surface area contributed by atoms with Gasteiger partial charge in [0, 0.05) is 23.5 Å². The lowest BCUT2D eigenvalue weighted by atomic mass is 9.94. The summed E-state index contributed by atoms with van der Waals surface area (Å²) in [4.78, 5) is 8.15. The zero-order valence-electron chi connectivity index (χ0n) is 11.1. The van der Waals surface area contributed by atoms with Crippen LogP contribution in [0.3, 0.4) is 0 Å². The third kappa shape index (κ3) is 2.54. The Balaban J connectivity index is 2.08. The highest BCUT2D eigenvalue weighted by atomic mass is 32.1. The minimum absolute atomic E-state index is 0.218. The largest absolute Gasteiger partial charge is 0.329 e.